The van der Waals surface area contributed by atoms with Gasteiger partial charge in [0.15, 0.2) is 35.0 Å². The number of halogens is 4. The van der Waals surface area contributed by atoms with E-state index in [9.17, 15) is 47.9 Å². The molecule has 6 fully saturated rings. The van der Waals surface area contributed by atoms with Crippen molar-refractivity contribution in [3.05, 3.63) is 265 Å². The van der Waals surface area contributed by atoms with Crippen LogP contribution >= 0.6 is 46.4 Å². The number of Topliss-reactive ketones (excluding diaryl/α,β-unsaturated/α-hetero) is 3. The fourth-order valence-electron chi connectivity index (χ4n) is 20.0. The zero-order valence-electron chi connectivity index (χ0n) is 83.1. The van der Waals surface area contributed by atoms with Crippen LogP contribution < -0.4 is 32.3 Å². The van der Waals surface area contributed by atoms with Crippen molar-refractivity contribution >= 4 is 189 Å². The van der Waals surface area contributed by atoms with E-state index in [0.717, 1.165) is 108 Å². The first-order valence-electron chi connectivity index (χ1n) is 50.6. The van der Waals surface area contributed by atoms with Crippen LogP contribution in [0.5, 0.6) is 0 Å². The van der Waals surface area contributed by atoms with Gasteiger partial charge in [-0.2, -0.15) is 0 Å². The van der Waals surface area contributed by atoms with Gasteiger partial charge in [-0.05, 0) is 194 Å². The Bertz CT molecular complexity index is 7230. The number of carbonyl (C=O) groups is 10. The van der Waals surface area contributed by atoms with Crippen molar-refractivity contribution in [2.75, 3.05) is 46.9 Å². The van der Waals surface area contributed by atoms with E-state index in [4.69, 9.17) is 66.3 Å². The van der Waals surface area contributed by atoms with Crippen molar-refractivity contribution in [2.45, 2.75) is 211 Å². The third-order valence-electron chi connectivity index (χ3n) is 28.6. The molecule has 6 aliphatic rings. The highest BCUT2D eigenvalue weighted by Crippen LogP contribution is 2.41. The molecule has 4 saturated carbocycles. The quantitative estimate of drug-likeness (QED) is 0.0142. The van der Waals surface area contributed by atoms with Gasteiger partial charge in [-0.25, -0.2) is 54.6 Å². The molecule has 2 saturated heterocycles. The number of H-pyrrole nitrogens is 5. The number of nitrogens with zero attached hydrogens (tertiary/aromatic N) is 10. The predicted octanol–water partition coefficient (Wildman–Crippen LogP) is 20.7. The SMILES string of the molecule is CC(C)C(=O)CC1CCC(Nc2ncnc3[nH]cc(C(=O)c4ccccc4Cl)c23)CC1.CCC(=O)CC1CCC(Nc2ncnc3[nH]cc(C(=O)c4ccccc4Cl)c23)CC1.COC(=O)[C@@H]1CC[C@@H](Nc2ncnc3[nH]cc(C(=O)c4ccccc4C)c23)CO1.NC(=O)[C@@H]1CC[C@@H](Nc2ncnc3[nH]cc(C(=O)c4ccccc4Cl)c23)CO1.O=C(c1ccccc1Cl)c1c[nH]c2ncnc(NC3CCC(CC(=O)C4CC4)CC3)c12. The maximum absolute atomic E-state index is 13.2. The van der Waals surface area contributed by atoms with Gasteiger partial charge in [-0.1, -0.05) is 140 Å². The topological polar surface area (TPSA) is 492 Å². The highest BCUT2D eigenvalue weighted by atomic mass is 35.5. The zero-order valence-corrected chi connectivity index (χ0v) is 86.1. The van der Waals surface area contributed by atoms with E-state index < -0.39 is 18.1 Å². The van der Waals surface area contributed by atoms with Crippen LogP contribution in [0.15, 0.2) is 184 Å². The lowest BCUT2D eigenvalue weighted by atomic mass is 9.82. The van der Waals surface area contributed by atoms with Gasteiger partial charge in [0, 0.05) is 114 Å². The zero-order chi connectivity index (χ0) is 104. The number of hydrogen-bond donors (Lipinski definition) is 11. The molecule has 149 heavy (non-hydrogen) atoms. The number of aromatic nitrogens is 15. The number of nitrogens with one attached hydrogen (secondary N) is 10. The Balaban J connectivity index is 0.000000127. The second kappa shape index (κ2) is 49.1. The summed E-state index contributed by atoms with van der Waals surface area (Å²) in [7, 11) is 1.35. The average Bonchev–Trinajstić information content (AvgIpc) is 1.66. The van der Waals surface area contributed by atoms with Crippen molar-refractivity contribution in [3.8, 4) is 0 Å². The molecule has 2 aliphatic heterocycles. The number of anilines is 5. The monoisotopic (exact) mass is 2090 g/mol. The maximum atomic E-state index is 13.2. The molecule has 772 valence electrons. The summed E-state index contributed by atoms with van der Waals surface area (Å²) >= 11 is 24.9. The van der Waals surface area contributed by atoms with Gasteiger partial charge in [0.1, 0.15) is 112 Å². The number of primary amides is 1. The second-order valence-electron chi connectivity index (χ2n) is 39.0. The second-order valence-corrected chi connectivity index (χ2v) is 40.6. The molecule has 38 heteroatoms. The minimum Gasteiger partial charge on any atom is -0.467 e. The lowest BCUT2D eigenvalue weighted by Gasteiger charge is -2.29. The van der Waals surface area contributed by atoms with E-state index in [1.54, 1.807) is 128 Å². The normalized spacial score (nSPS) is 19.6. The van der Waals surface area contributed by atoms with Gasteiger partial charge in [0.05, 0.1) is 107 Å². The van der Waals surface area contributed by atoms with Crippen molar-refractivity contribution in [3.63, 3.8) is 0 Å². The molecule has 5 aromatic carbocycles. The Kier molecular flexibility index (Phi) is 34.9. The van der Waals surface area contributed by atoms with Gasteiger partial charge < -0.3 is 71.4 Å². The van der Waals surface area contributed by atoms with Crippen molar-refractivity contribution in [1.29, 1.82) is 0 Å². The molecule has 34 nitrogen and oxygen atoms in total. The van der Waals surface area contributed by atoms with Crippen LogP contribution in [0.2, 0.25) is 20.1 Å². The molecule has 12 heterocycles. The highest BCUT2D eigenvalue weighted by molar-refractivity contribution is 6.38. The lowest BCUT2D eigenvalue weighted by Crippen LogP contribution is -2.41. The van der Waals surface area contributed by atoms with Crippen LogP contribution in [0.4, 0.5) is 29.1 Å². The van der Waals surface area contributed by atoms with Crippen LogP contribution in [0, 0.1) is 36.5 Å². The Hall–Kier alpha value is -14.4. The number of nitrogens with two attached hydrogens (primary N) is 1. The third kappa shape index (κ3) is 25.6. The van der Waals surface area contributed by atoms with E-state index >= 15 is 0 Å². The standard InChI is InChI=1S/C24H25ClN4O2.C24H27ClN4O2.C23H25ClN4O2.C21H22N4O4.C19H18ClN5O3/c25-19-4-2-1-3-17(19)22(31)18-12-26-23-21(18)24(28-13-27-23)29-16-9-5-14(6-10-16)11-20(30)15-7-8-15;1-14(2)20(30)11-15-7-9-16(10-8-15)29-24-21-18(12-26-23(21)27-13-28-24)22(31)17-5-3-4-6-19(17)25;1-2-16(29)11-14-7-9-15(10-8-14)28-23-20-18(12-25-22(20)26-13-27-23)21(30)17-5-3-4-6-19(17)24;1-12-5-3-4-6-14(12)18(26)15-9-22-19-17(15)20(24-11-23-19)25-13-7-8-16(29-10-13)21(27)28-2;20-13-4-2-1-3-11(13)16(26)12-7-22-18-15(12)19(24-9-23-18)25-10-5-6-14(17(21)27)28-8-10/h1-4,12-16H,5-11H2,(H2,26,27,28,29);3-6,12-16H,7-11H2,1-2H3,(H2,26,27,28,29);3-6,12-15H,2,7-11H2,1H3,(H2,25,26,27,28);3-6,9,11,13,16H,7-8,10H2,1-2H3,(H2,22,23,24,25);1-4,7,9-10,14H,5-6,8H2,(H2,21,27)(H2,22,23,24,25)/t;;;13-,16+;10-,14+/m...11/s1. The van der Waals surface area contributed by atoms with E-state index in [1.807, 2.05) is 52.0 Å². The summed E-state index contributed by atoms with van der Waals surface area (Å²) in [6.45, 7) is 8.43. The number of benzene rings is 5. The first-order valence-corrected chi connectivity index (χ1v) is 52.1. The fourth-order valence-corrected chi connectivity index (χ4v) is 20.9. The van der Waals surface area contributed by atoms with Crippen molar-refractivity contribution in [1.82, 2.24) is 74.8 Å². The minimum atomic E-state index is -0.562. The van der Waals surface area contributed by atoms with Gasteiger partial charge in [-0.3, -0.25) is 43.2 Å². The molecule has 15 aromatic rings. The van der Waals surface area contributed by atoms with E-state index in [1.165, 1.54) is 38.7 Å². The number of methoxy groups -OCH3 is 1. The number of aryl methyl sites for hydroxylation is 1. The predicted molar refractivity (Wildman–Crippen MR) is 572 cm³/mol. The third-order valence-corrected chi connectivity index (χ3v) is 29.9. The molecule has 4 atom stereocenters. The fraction of sp³-hybridized carbons (Fsp3) is 0.369. The number of hydrogen-bond acceptors (Lipinski definition) is 28. The molecule has 4 aliphatic carbocycles. The molecule has 0 unspecified atom stereocenters. The molecule has 10 aromatic heterocycles. The summed E-state index contributed by atoms with van der Waals surface area (Å²) in [4.78, 5) is 183. The van der Waals surface area contributed by atoms with Crippen LogP contribution in [-0.2, 0) is 38.2 Å². The van der Waals surface area contributed by atoms with Crippen molar-refractivity contribution < 1.29 is 62.2 Å². The smallest absolute Gasteiger partial charge is 0.334 e. The number of ketones is 8. The molecule has 12 N–H and O–H groups in total. The van der Waals surface area contributed by atoms with Gasteiger partial charge in [0.25, 0.3) is 0 Å². The molecular weight excluding hydrogens is 1980 g/mol. The highest BCUT2D eigenvalue weighted by Gasteiger charge is 2.37. The number of fused-ring (bicyclic) bond motifs is 5. The average molecular weight is 2100 g/mol. The molecule has 0 spiro atoms. The molecular formula is C111H117Cl4N21O13. The van der Waals surface area contributed by atoms with E-state index in [0.29, 0.717) is 253 Å². The Morgan fingerprint density at radius 3 is 0.919 bits per heavy atom. The van der Waals surface area contributed by atoms with Crippen molar-refractivity contribution in [2.24, 2.45) is 35.3 Å². The van der Waals surface area contributed by atoms with Crippen LogP contribution in [0.1, 0.15) is 247 Å². The summed E-state index contributed by atoms with van der Waals surface area (Å²) in [5, 5.41) is 22.2. The number of ether oxygens (including phenoxy) is 3. The number of aromatic amines is 5. The maximum Gasteiger partial charge on any atom is 0.334 e. The summed E-state index contributed by atoms with van der Waals surface area (Å²) in [6, 6.07) is 36.2. The van der Waals surface area contributed by atoms with Gasteiger partial charge >= 0.3 is 5.97 Å². The number of amides is 1. The Morgan fingerprint density at radius 2 is 0.638 bits per heavy atom. The van der Waals surface area contributed by atoms with Crippen LogP contribution in [0.25, 0.3) is 55.2 Å². The number of rotatable bonds is 31. The lowest BCUT2D eigenvalue weighted by molar-refractivity contribution is -0.157. The van der Waals surface area contributed by atoms with E-state index in [2.05, 4.69) is 101 Å². The van der Waals surface area contributed by atoms with E-state index in [-0.39, 0.29) is 71.0 Å². The van der Waals surface area contributed by atoms with Gasteiger partial charge in [-0.15, -0.1) is 0 Å². The summed E-state index contributed by atoms with van der Waals surface area (Å²) < 4.78 is 15.9. The summed E-state index contributed by atoms with van der Waals surface area (Å²) in [6.07, 6.45) is 34.0. The minimum absolute atomic E-state index is 0.0367. The number of carbonyl (C=O) groups excluding carboxylic acids is 10. The molecule has 21 rings (SSSR count). The van der Waals surface area contributed by atoms with Crippen LogP contribution in [0.3, 0.4) is 0 Å². The Labute approximate surface area is 878 Å². The van der Waals surface area contributed by atoms with Crippen LogP contribution in [-0.4, -0.2) is 196 Å². The molecule has 1 amide bonds. The first kappa shape index (κ1) is 106. The summed E-state index contributed by atoms with van der Waals surface area (Å²) in [5.41, 5.74) is 14.1. The summed E-state index contributed by atoms with van der Waals surface area (Å²) in [5.74, 6) is 4.53. The molecule has 0 bridgehead atoms. The largest absolute Gasteiger partial charge is 0.467 e. The van der Waals surface area contributed by atoms with Gasteiger partial charge in [0.2, 0.25) is 5.91 Å². The first-order chi connectivity index (χ1) is 72.2. The molecule has 0 radical (unpaired) electrons. The number of esters is 1. The Morgan fingerprint density at radius 1 is 0.356 bits per heavy atom.